The molecule has 1 atom stereocenters. The first-order valence-corrected chi connectivity index (χ1v) is 8.40. The highest BCUT2D eigenvalue weighted by molar-refractivity contribution is 5.81. The molecule has 1 aliphatic rings. The molecule has 1 N–H and O–H groups in total. The number of carbonyl (C=O) groups is 1. The predicted molar refractivity (Wildman–Crippen MR) is 97.8 cm³/mol. The Bertz CT molecular complexity index is 1190. The van der Waals surface area contributed by atoms with Gasteiger partial charge in [0.2, 0.25) is 0 Å². The molecule has 26 heavy (non-hydrogen) atoms. The summed E-state index contributed by atoms with van der Waals surface area (Å²) in [6.07, 6.45) is -0.0360. The lowest BCUT2D eigenvalue weighted by Crippen LogP contribution is -2.34. The van der Waals surface area contributed by atoms with Crippen molar-refractivity contribution in [3.05, 3.63) is 73.4 Å². The molecule has 3 heterocycles. The normalized spacial score (nSPS) is 16.4. The van der Waals surface area contributed by atoms with Gasteiger partial charge >= 0.3 is 5.97 Å². The first-order chi connectivity index (χ1) is 12.3. The second kappa shape index (κ2) is 5.69. The van der Waals surface area contributed by atoms with Crippen molar-refractivity contribution in [1.29, 1.82) is 0 Å². The van der Waals surface area contributed by atoms with Gasteiger partial charge in [-0.15, -0.1) is 0 Å². The number of pyridine rings is 2. The van der Waals surface area contributed by atoms with Crippen LogP contribution in [0.5, 0.6) is 5.75 Å². The number of ether oxygens (including phenoxy) is 1. The molecule has 0 aliphatic carbocycles. The lowest BCUT2D eigenvalue weighted by Gasteiger charge is -2.25. The molecule has 0 fully saturated rings. The monoisotopic (exact) mass is 350 g/mol. The van der Waals surface area contributed by atoms with Gasteiger partial charge in [-0.2, -0.15) is 0 Å². The van der Waals surface area contributed by atoms with Gasteiger partial charge < -0.3 is 14.3 Å². The third kappa shape index (κ3) is 2.45. The third-order valence-corrected chi connectivity index (χ3v) is 5.02. The minimum Gasteiger partial charge on any atom is -0.426 e. The van der Waals surface area contributed by atoms with Crippen LogP contribution >= 0.6 is 0 Å². The Morgan fingerprint density at radius 2 is 1.88 bits per heavy atom. The molecule has 6 heteroatoms. The largest absolute Gasteiger partial charge is 0.426 e. The van der Waals surface area contributed by atoms with Crippen molar-refractivity contribution >= 4 is 16.9 Å². The van der Waals surface area contributed by atoms with Gasteiger partial charge in [0.25, 0.3) is 11.1 Å². The van der Waals surface area contributed by atoms with Gasteiger partial charge in [-0.05, 0) is 37.4 Å². The van der Waals surface area contributed by atoms with E-state index in [4.69, 9.17) is 4.74 Å². The molecule has 6 nitrogen and oxygen atoms in total. The number of carbonyl (C=O) groups excluding carboxylic acids is 1. The minimum absolute atomic E-state index is 0.0360. The highest BCUT2D eigenvalue weighted by Crippen LogP contribution is 2.36. The van der Waals surface area contributed by atoms with Gasteiger partial charge in [-0.1, -0.05) is 11.6 Å². The van der Waals surface area contributed by atoms with Crippen LogP contribution in [0.1, 0.15) is 34.7 Å². The summed E-state index contributed by atoms with van der Waals surface area (Å²) < 4.78 is 6.79. The van der Waals surface area contributed by atoms with E-state index in [-0.39, 0.29) is 23.3 Å². The number of aromatic amines is 1. The molecule has 1 aliphatic heterocycles. The smallest absolute Gasteiger partial charge is 0.312 e. The van der Waals surface area contributed by atoms with Crippen LogP contribution in [0.2, 0.25) is 0 Å². The molecule has 0 amide bonds. The van der Waals surface area contributed by atoms with E-state index in [1.807, 2.05) is 25.1 Å². The summed E-state index contributed by atoms with van der Waals surface area (Å²) in [7, 11) is 1.67. The number of nitrogens with zero attached hydrogens (tertiary/aromatic N) is 1. The SMILES string of the molecule is Cc1ccc2[nH]c(=O)c([C@H]3CC(=O)Oc4cc(C)n(C)c(=O)c43)cc2c1. The van der Waals surface area contributed by atoms with Crippen molar-refractivity contribution in [2.45, 2.75) is 26.2 Å². The second-order valence-electron chi connectivity index (χ2n) is 6.80. The van der Waals surface area contributed by atoms with Crippen molar-refractivity contribution in [3.8, 4) is 5.75 Å². The van der Waals surface area contributed by atoms with E-state index in [0.29, 0.717) is 16.8 Å². The molecule has 4 rings (SSSR count). The fraction of sp³-hybridized carbons (Fsp3) is 0.250. The molecular formula is C20H18N2O4. The molecular weight excluding hydrogens is 332 g/mol. The lowest BCUT2D eigenvalue weighted by molar-refractivity contribution is -0.135. The number of esters is 1. The highest BCUT2D eigenvalue weighted by Gasteiger charge is 2.33. The summed E-state index contributed by atoms with van der Waals surface area (Å²) in [5.41, 5.74) is 2.68. The Labute approximate surface area is 149 Å². The van der Waals surface area contributed by atoms with Gasteiger partial charge in [0.15, 0.2) is 0 Å². The molecule has 0 spiro atoms. The Morgan fingerprint density at radius 1 is 1.12 bits per heavy atom. The van der Waals surface area contributed by atoms with E-state index < -0.39 is 11.9 Å². The fourth-order valence-electron chi connectivity index (χ4n) is 3.52. The molecule has 0 radical (unpaired) electrons. The van der Waals surface area contributed by atoms with Crippen LogP contribution in [-0.2, 0) is 11.8 Å². The average Bonchev–Trinajstić information content (AvgIpc) is 2.58. The number of nitrogens with one attached hydrogen (secondary N) is 1. The summed E-state index contributed by atoms with van der Waals surface area (Å²) >= 11 is 0. The minimum atomic E-state index is -0.626. The number of rotatable bonds is 1. The topological polar surface area (TPSA) is 81.2 Å². The van der Waals surface area contributed by atoms with E-state index in [1.54, 1.807) is 26.1 Å². The van der Waals surface area contributed by atoms with E-state index in [0.717, 1.165) is 16.5 Å². The number of H-pyrrole nitrogens is 1. The number of aromatic nitrogens is 2. The van der Waals surface area contributed by atoms with Crippen molar-refractivity contribution in [1.82, 2.24) is 9.55 Å². The average molecular weight is 350 g/mol. The van der Waals surface area contributed by atoms with Gasteiger partial charge in [-0.25, -0.2) is 0 Å². The van der Waals surface area contributed by atoms with Crippen molar-refractivity contribution in [2.75, 3.05) is 0 Å². The number of benzene rings is 1. The van der Waals surface area contributed by atoms with Crippen LogP contribution in [0.25, 0.3) is 10.9 Å². The van der Waals surface area contributed by atoms with E-state index >= 15 is 0 Å². The maximum atomic E-state index is 12.8. The molecule has 0 saturated carbocycles. The molecule has 0 saturated heterocycles. The summed E-state index contributed by atoms with van der Waals surface area (Å²) in [6, 6.07) is 9.17. The van der Waals surface area contributed by atoms with E-state index in [1.165, 1.54) is 4.57 Å². The zero-order valence-corrected chi connectivity index (χ0v) is 14.8. The number of hydrogen-bond acceptors (Lipinski definition) is 4. The van der Waals surface area contributed by atoms with Crippen LogP contribution in [0.15, 0.2) is 39.9 Å². The zero-order chi connectivity index (χ0) is 18.6. The third-order valence-electron chi connectivity index (χ3n) is 5.02. The Hall–Kier alpha value is -3.15. The first-order valence-electron chi connectivity index (χ1n) is 8.40. The fourth-order valence-corrected chi connectivity index (χ4v) is 3.52. The molecule has 132 valence electrons. The maximum absolute atomic E-state index is 12.8. The molecule has 2 aromatic heterocycles. The van der Waals surface area contributed by atoms with Crippen LogP contribution in [0.3, 0.4) is 0 Å². The standard InChI is InChI=1S/C20H18N2O4/c1-10-4-5-15-12(6-10)8-14(19(24)21-15)13-9-17(23)26-16-7-11(2)22(3)20(25)18(13)16/h4-8,13H,9H2,1-3H3,(H,21,24)/t13-/m1/s1. The number of hydrogen-bond donors (Lipinski definition) is 1. The van der Waals surface area contributed by atoms with Gasteiger partial charge in [0, 0.05) is 35.8 Å². The van der Waals surface area contributed by atoms with Crippen molar-refractivity contribution in [3.63, 3.8) is 0 Å². The Morgan fingerprint density at radius 3 is 2.65 bits per heavy atom. The van der Waals surface area contributed by atoms with Gasteiger partial charge in [0.05, 0.1) is 12.0 Å². The second-order valence-corrected chi connectivity index (χ2v) is 6.80. The summed E-state index contributed by atoms with van der Waals surface area (Å²) in [5, 5.41) is 0.865. The van der Waals surface area contributed by atoms with Crippen LogP contribution in [0.4, 0.5) is 0 Å². The van der Waals surface area contributed by atoms with Crippen molar-refractivity contribution < 1.29 is 9.53 Å². The van der Waals surface area contributed by atoms with Crippen LogP contribution in [-0.4, -0.2) is 15.5 Å². The first kappa shape index (κ1) is 16.3. The van der Waals surface area contributed by atoms with E-state index in [2.05, 4.69) is 4.98 Å². The summed E-state index contributed by atoms with van der Waals surface area (Å²) in [6.45, 7) is 3.74. The van der Waals surface area contributed by atoms with Gasteiger partial charge in [0.1, 0.15) is 5.75 Å². The number of aryl methyl sites for hydroxylation is 2. The quantitative estimate of drug-likeness (QED) is 0.683. The molecule has 1 aromatic carbocycles. The Balaban J connectivity index is 2.00. The summed E-state index contributed by atoms with van der Waals surface area (Å²) in [4.78, 5) is 40.5. The highest BCUT2D eigenvalue weighted by atomic mass is 16.5. The van der Waals surface area contributed by atoms with Crippen LogP contribution in [0, 0.1) is 13.8 Å². The molecule has 3 aromatic rings. The maximum Gasteiger partial charge on any atom is 0.312 e. The summed E-state index contributed by atoms with van der Waals surface area (Å²) in [5.74, 6) is -0.825. The van der Waals surface area contributed by atoms with Crippen LogP contribution < -0.4 is 15.9 Å². The lowest BCUT2D eigenvalue weighted by atomic mass is 9.87. The van der Waals surface area contributed by atoms with E-state index in [9.17, 15) is 14.4 Å². The Kier molecular flexibility index (Phi) is 3.57. The number of fused-ring (bicyclic) bond motifs is 2. The predicted octanol–water partition coefficient (Wildman–Crippen LogP) is 2.28. The molecule has 0 unspecified atom stereocenters. The van der Waals surface area contributed by atoms with Crippen molar-refractivity contribution in [2.24, 2.45) is 7.05 Å². The molecule has 0 bridgehead atoms. The van der Waals surface area contributed by atoms with Gasteiger partial charge in [-0.3, -0.25) is 14.4 Å². The zero-order valence-electron chi connectivity index (χ0n) is 14.8.